The number of hydrogen-bond acceptors (Lipinski definition) is 8. The number of H-pyrrole nitrogens is 1. The lowest BCUT2D eigenvalue weighted by atomic mass is 9.98. The summed E-state index contributed by atoms with van der Waals surface area (Å²) < 4.78 is 23.7. The first kappa shape index (κ1) is 45.4. The molecule has 4 aromatic carbocycles. The Morgan fingerprint density at radius 1 is 0.629 bits per heavy atom. The molecule has 0 unspecified atom stereocenters. The highest BCUT2D eigenvalue weighted by Gasteiger charge is 2.34. The molecule has 1 aromatic heterocycles. The van der Waals surface area contributed by atoms with Gasteiger partial charge in [-0.1, -0.05) is 78.9 Å². The number of carbonyl (C=O) groups excluding carboxylic acids is 4. The summed E-state index contributed by atoms with van der Waals surface area (Å²) in [6.07, 6.45) is 1.18. The number of carbonyl (C=O) groups is 4. The van der Waals surface area contributed by atoms with Crippen molar-refractivity contribution in [2.75, 3.05) is 13.2 Å². The molecule has 6 rings (SSSR count). The van der Waals surface area contributed by atoms with Gasteiger partial charge in [0.2, 0.25) is 11.8 Å². The van der Waals surface area contributed by atoms with Gasteiger partial charge < -0.3 is 39.9 Å². The maximum Gasteiger partial charge on any atom is 0.407 e. The van der Waals surface area contributed by atoms with Crippen LogP contribution in [0.1, 0.15) is 90.5 Å². The quantitative estimate of drug-likeness (QED) is 0.0770. The zero-order valence-electron chi connectivity index (χ0n) is 37.2. The van der Waals surface area contributed by atoms with Crippen LogP contribution in [-0.4, -0.2) is 77.0 Å². The van der Waals surface area contributed by atoms with Gasteiger partial charge in [0.25, 0.3) is 0 Å². The first-order valence-electron chi connectivity index (χ1n) is 21.1. The largest absolute Gasteiger partial charge is 0.488 e. The fourth-order valence-corrected chi connectivity index (χ4v) is 7.42. The van der Waals surface area contributed by atoms with Crippen LogP contribution in [0.4, 0.5) is 4.79 Å². The number of fused-ring (bicyclic) bond motifs is 4. The van der Waals surface area contributed by atoms with Crippen molar-refractivity contribution < 1.29 is 38.1 Å². The third-order valence-corrected chi connectivity index (χ3v) is 10.2. The molecule has 0 fully saturated rings. The lowest BCUT2D eigenvalue weighted by Gasteiger charge is -2.29. The molecule has 0 bridgehead atoms. The topological polar surface area (TPSA) is 157 Å². The normalized spacial score (nSPS) is 14.2. The van der Waals surface area contributed by atoms with E-state index in [1.807, 2.05) is 126 Å². The number of rotatable bonds is 15. The highest BCUT2D eigenvalue weighted by atomic mass is 16.6. The first-order chi connectivity index (χ1) is 29.2. The average Bonchev–Trinajstić information content (AvgIpc) is 3.75. The summed E-state index contributed by atoms with van der Waals surface area (Å²) in [6.45, 7) is 16.4. The molecule has 3 amide bonds. The van der Waals surface area contributed by atoms with Crippen LogP contribution in [0.5, 0.6) is 5.75 Å². The smallest absolute Gasteiger partial charge is 0.407 e. The van der Waals surface area contributed by atoms with Gasteiger partial charge in [-0.15, -0.1) is 0 Å². The van der Waals surface area contributed by atoms with E-state index >= 15 is 0 Å². The number of nitrogens with one attached hydrogen (secondary N) is 4. The van der Waals surface area contributed by atoms with E-state index in [1.54, 1.807) is 27.0 Å². The first-order valence-corrected chi connectivity index (χ1v) is 21.1. The summed E-state index contributed by atoms with van der Waals surface area (Å²) in [6, 6.07) is 27.4. The molecule has 0 radical (unpaired) electrons. The summed E-state index contributed by atoms with van der Waals surface area (Å²) >= 11 is 0. The van der Waals surface area contributed by atoms with Crippen molar-refractivity contribution in [1.29, 1.82) is 0 Å². The van der Waals surface area contributed by atoms with E-state index in [0.29, 0.717) is 5.75 Å². The van der Waals surface area contributed by atoms with Gasteiger partial charge in [-0.25, -0.2) is 9.59 Å². The predicted molar refractivity (Wildman–Crippen MR) is 240 cm³/mol. The van der Waals surface area contributed by atoms with Crippen molar-refractivity contribution >= 4 is 34.8 Å². The van der Waals surface area contributed by atoms with Gasteiger partial charge >= 0.3 is 12.1 Å². The molecule has 5 aromatic rings. The number of aromatic nitrogens is 1. The lowest BCUT2D eigenvalue weighted by molar-refractivity contribution is -0.159. The molecule has 62 heavy (non-hydrogen) atoms. The minimum absolute atomic E-state index is 0.0458. The van der Waals surface area contributed by atoms with Crippen LogP contribution < -0.4 is 20.7 Å². The Labute approximate surface area is 364 Å². The fourth-order valence-electron chi connectivity index (χ4n) is 7.42. The molecular weight excluding hydrogens is 785 g/mol. The molecular formula is C50H60N4O8. The zero-order valence-corrected chi connectivity index (χ0v) is 37.2. The maximum atomic E-state index is 14.5. The van der Waals surface area contributed by atoms with Crippen molar-refractivity contribution in [2.45, 2.75) is 116 Å². The fraction of sp³-hybridized carbons (Fsp3) is 0.400. The minimum atomic E-state index is -1.27. The molecule has 1 aliphatic carbocycles. The Hall–Kier alpha value is -6.14. The Morgan fingerprint density at radius 3 is 1.82 bits per heavy atom. The maximum absolute atomic E-state index is 14.5. The Morgan fingerprint density at radius 2 is 1.21 bits per heavy atom. The van der Waals surface area contributed by atoms with Crippen LogP contribution in [0.3, 0.4) is 0 Å². The molecule has 1 heterocycles. The number of para-hydroxylation sites is 1. The second kappa shape index (κ2) is 18.9. The van der Waals surface area contributed by atoms with Crippen LogP contribution >= 0.6 is 0 Å². The van der Waals surface area contributed by atoms with Crippen molar-refractivity contribution in [2.24, 2.45) is 0 Å². The average molecular weight is 845 g/mol. The van der Waals surface area contributed by atoms with E-state index in [0.717, 1.165) is 44.3 Å². The van der Waals surface area contributed by atoms with Gasteiger partial charge in [0.05, 0.1) is 12.2 Å². The number of ether oxygens (including phenoxy) is 4. The summed E-state index contributed by atoms with van der Waals surface area (Å²) in [5.41, 5.74) is 4.75. The molecule has 1 aliphatic rings. The summed E-state index contributed by atoms with van der Waals surface area (Å²) in [5, 5.41) is 9.36. The van der Waals surface area contributed by atoms with Gasteiger partial charge in [0.1, 0.15) is 41.7 Å². The van der Waals surface area contributed by atoms with E-state index in [-0.39, 0.29) is 32.0 Å². The Balaban J connectivity index is 1.23. The van der Waals surface area contributed by atoms with Crippen LogP contribution in [0.25, 0.3) is 22.0 Å². The van der Waals surface area contributed by atoms with Crippen LogP contribution in [0.2, 0.25) is 0 Å². The third-order valence-electron chi connectivity index (χ3n) is 10.2. The SMILES string of the molecule is CC(C)(C)OC[C@H](NC(=O)[C@@H](Cc1c[nH]c2ccccc12)NC(=O)OCC1c2ccccc2-c2ccccc21)C(=O)N[C@@H](Cc1ccc(OC(C)(C)C)cc1)C(=O)OC(C)(C)C. The molecule has 0 saturated heterocycles. The number of benzene rings is 4. The van der Waals surface area contributed by atoms with Crippen molar-refractivity contribution in [1.82, 2.24) is 20.9 Å². The second-order valence-corrected chi connectivity index (χ2v) is 18.7. The molecule has 3 atom stereocenters. The highest BCUT2D eigenvalue weighted by Crippen LogP contribution is 2.44. The minimum Gasteiger partial charge on any atom is -0.488 e. The zero-order chi connectivity index (χ0) is 44.8. The molecule has 12 nitrogen and oxygen atoms in total. The summed E-state index contributed by atoms with van der Waals surface area (Å²) in [7, 11) is 0. The molecule has 4 N–H and O–H groups in total. The van der Waals surface area contributed by atoms with Gasteiger partial charge in [-0.05, 0) is 114 Å². The van der Waals surface area contributed by atoms with Crippen LogP contribution in [0.15, 0.2) is 103 Å². The molecule has 12 heteroatoms. The Bertz CT molecular complexity index is 2320. The van der Waals surface area contributed by atoms with Gasteiger partial charge in [0.15, 0.2) is 0 Å². The molecule has 0 spiro atoms. The number of alkyl carbamates (subject to hydrolysis) is 1. The standard InChI is InChI=1S/C50H60N4O8/c1-48(2,3)60-30-43(45(56)52-42(46(57)62-50(7,8)9)26-31-22-24-33(25-23-31)61-49(4,5)6)53-44(55)41(27-32-28-51-40-21-15-14-16-34(32)40)54-47(58)59-29-39-37-19-12-10-17-35(37)36-18-11-13-20-38(36)39/h10-25,28,39,41-43,51H,26-27,29-30H2,1-9H3,(H,52,56)(H,53,55)(H,54,58)/t41-,42+,43+/m1/s1. The third kappa shape index (κ3) is 12.2. The van der Waals surface area contributed by atoms with Crippen molar-refractivity contribution in [3.8, 4) is 16.9 Å². The van der Waals surface area contributed by atoms with E-state index in [4.69, 9.17) is 18.9 Å². The van der Waals surface area contributed by atoms with E-state index in [9.17, 15) is 19.2 Å². The van der Waals surface area contributed by atoms with Gasteiger partial charge in [0, 0.05) is 35.9 Å². The summed E-state index contributed by atoms with van der Waals surface area (Å²) in [4.78, 5) is 59.4. The van der Waals surface area contributed by atoms with Gasteiger partial charge in [-0.3, -0.25) is 9.59 Å². The number of esters is 1. The van der Waals surface area contributed by atoms with Crippen LogP contribution in [-0.2, 0) is 41.4 Å². The van der Waals surface area contributed by atoms with Crippen molar-refractivity contribution in [3.63, 3.8) is 0 Å². The summed E-state index contributed by atoms with van der Waals surface area (Å²) in [5.74, 6) is -1.49. The van der Waals surface area contributed by atoms with Crippen molar-refractivity contribution in [3.05, 3.63) is 126 Å². The molecule has 0 saturated carbocycles. The number of amides is 3. The van der Waals surface area contributed by atoms with E-state index in [2.05, 4.69) is 33.1 Å². The second-order valence-electron chi connectivity index (χ2n) is 18.7. The monoisotopic (exact) mass is 844 g/mol. The van der Waals surface area contributed by atoms with E-state index in [1.165, 1.54) is 0 Å². The predicted octanol–water partition coefficient (Wildman–Crippen LogP) is 8.16. The molecule has 328 valence electrons. The lowest BCUT2D eigenvalue weighted by Crippen LogP contribution is -2.58. The van der Waals surface area contributed by atoms with Gasteiger partial charge in [-0.2, -0.15) is 0 Å². The highest BCUT2D eigenvalue weighted by molar-refractivity contribution is 5.94. The van der Waals surface area contributed by atoms with E-state index < -0.39 is 58.8 Å². The number of aromatic amines is 1. The Kier molecular flexibility index (Phi) is 13.8. The van der Waals surface area contributed by atoms with Crippen LogP contribution in [0, 0.1) is 0 Å². The molecule has 0 aliphatic heterocycles. The number of hydrogen-bond donors (Lipinski definition) is 4.